The van der Waals surface area contributed by atoms with E-state index in [1.807, 2.05) is 12.1 Å². The number of aromatic nitrogens is 2. The molecular formula is C19H18F3N3O. The van der Waals surface area contributed by atoms with Gasteiger partial charge in [-0.25, -0.2) is 0 Å². The molecule has 136 valence electrons. The molecule has 26 heavy (non-hydrogen) atoms. The minimum atomic E-state index is -4.45. The van der Waals surface area contributed by atoms with Crippen LogP contribution in [0.5, 0.6) is 0 Å². The Kier molecular flexibility index (Phi) is 4.71. The summed E-state index contributed by atoms with van der Waals surface area (Å²) in [4.78, 5) is 13.7. The zero-order valence-electron chi connectivity index (χ0n) is 14.3. The van der Waals surface area contributed by atoms with Crippen molar-refractivity contribution >= 4 is 16.7 Å². The molecule has 4 nitrogen and oxygen atoms in total. The Morgan fingerprint density at radius 3 is 2.38 bits per heavy atom. The number of hydrogen-bond donors (Lipinski definition) is 1. The van der Waals surface area contributed by atoms with Crippen molar-refractivity contribution in [2.24, 2.45) is 0 Å². The highest BCUT2D eigenvalue weighted by Gasteiger charge is 2.35. The molecular weight excluding hydrogens is 343 g/mol. The van der Waals surface area contributed by atoms with Crippen LogP contribution in [-0.4, -0.2) is 39.8 Å². The fourth-order valence-electron chi connectivity index (χ4n) is 2.96. The van der Waals surface area contributed by atoms with E-state index in [1.54, 1.807) is 50.4 Å². The first kappa shape index (κ1) is 18.0. The van der Waals surface area contributed by atoms with Crippen LogP contribution in [0.3, 0.4) is 0 Å². The third kappa shape index (κ3) is 3.56. The summed E-state index contributed by atoms with van der Waals surface area (Å²) >= 11 is 0. The van der Waals surface area contributed by atoms with E-state index in [-0.39, 0.29) is 5.56 Å². The van der Waals surface area contributed by atoms with Gasteiger partial charge in [-0.15, -0.1) is 0 Å². The summed E-state index contributed by atoms with van der Waals surface area (Å²) < 4.78 is 38.7. The van der Waals surface area contributed by atoms with E-state index in [1.165, 1.54) is 0 Å². The van der Waals surface area contributed by atoms with Gasteiger partial charge in [-0.2, -0.15) is 18.3 Å². The van der Waals surface area contributed by atoms with E-state index in [4.69, 9.17) is 0 Å². The van der Waals surface area contributed by atoms with Crippen LogP contribution in [0.15, 0.2) is 48.7 Å². The van der Waals surface area contributed by atoms with E-state index < -0.39 is 24.7 Å². The third-order valence-electron chi connectivity index (χ3n) is 4.18. The highest BCUT2D eigenvalue weighted by molar-refractivity contribution is 6.10. The standard InChI is InChI=1S/C19H18F3N3O/c1-12(2)25(11-19(20,21)22)18(26)16-8-7-15(17-9-10-23-24-17)13-5-3-4-6-14(13)16/h3-10,12H,11H2,1-2H3,(H,23,24). The number of alkyl halides is 3. The van der Waals surface area contributed by atoms with Crippen LogP contribution >= 0.6 is 0 Å². The quantitative estimate of drug-likeness (QED) is 0.736. The monoisotopic (exact) mass is 361 g/mol. The van der Waals surface area contributed by atoms with Crippen molar-refractivity contribution < 1.29 is 18.0 Å². The number of H-pyrrole nitrogens is 1. The van der Waals surface area contributed by atoms with Crippen molar-refractivity contribution in [2.45, 2.75) is 26.1 Å². The Balaban J connectivity index is 2.11. The van der Waals surface area contributed by atoms with Crippen LogP contribution in [0.25, 0.3) is 22.0 Å². The molecule has 0 spiro atoms. The minimum absolute atomic E-state index is 0.252. The topological polar surface area (TPSA) is 49.0 Å². The number of amides is 1. The molecule has 0 saturated heterocycles. The Morgan fingerprint density at radius 2 is 1.81 bits per heavy atom. The van der Waals surface area contributed by atoms with E-state index in [0.29, 0.717) is 5.39 Å². The molecule has 0 aliphatic carbocycles. The molecule has 2 aromatic carbocycles. The largest absolute Gasteiger partial charge is 0.406 e. The number of halogens is 3. The molecule has 0 aliphatic rings. The fourth-order valence-corrected chi connectivity index (χ4v) is 2.96. The van der Waals surface area contributed by atoms with Crippen LogP contribution < -0.4 is 0 Å². The van der Waals surface area contributed by atoms with Crippen molar-refractivity contribution in [1.82, 2.24) is 15.1 Å². The summed E-state index contributed by atoms with van der Waals surface area (Å²) in [5.41, 5.74) is 1.86. The lowest BCUT2D eigenvalue weighted by molar-refractivity contribution is -0.143. The molecule has 0 saturated carbocycles. The van der Waals surface area contributed by atoms with Gasteiger partial charge in [0.15, 0.2) is 0 Å². The van der Waals surface area contributed by atoms with Crippen LogP contribution in [0.2, 0.25) is 0 Å². The van der Waals surface area contributed by atoms with Crippen molar-refractivity contribution in [1.29, 1.82) is 0 Å². The summed E-state index contributed by atoms with van der Waals surface area (Å²) in [7, 11) is 0. The lowest BCUT2D eigenvalue weighted by Gasteiger charge is -2.28. The number of carbonyl (C=O) groups excluding carboxylic acids is 1. The fraction of sp³-hybridized carbons (Fsp3) is 0.263. The number of nitrogens with one attached hydrogen (secondary N) is 1. The normalized spacial score (nSPS) is 11.9. The SMILES string of the molecule is CC(C)N(CC(F)(F)F)C(=O)c1ccc(-c2ccn[nH]2)c2ccccc12. The van der Waals surface area contributed by atoms with E-state index in [9.17, 15) is 18.0 Å². The number of benzene rings is 2. The minimum Gasteiger partial charge on any atom is -0.327 e. The Morgan fingerprint density at radius 1 is 1.12 bits per heavy atom. The molecule has 0 atom stereocenters. The van der Waals surface area contributed by atoms with Gasteiger partial charge in [0, 0.05) is 23.4 Å². The summed E-state index contributed by atoms with van der Waals surface area (Å²) in [5.74, 6) is -0.635. The first-order valence-electron chi connectivity index (χ1n) is 8.17. The summed E-state index contributed by atoms with van der Waals surface area (Å²) in [6, 6.07) is 11.7. The van der Waals surface area contributed by atoms with Gasteiger partial charge in [0.2, 0.25) is 0 Å². The van der Waals surface area contributed by atoms with Gasteiger partial charge < -0.3 is 4.90 Å². The second-order valence-corrected chi connectivity index (χ2v) is 6.32. The van der Waals surface area contributed by atoms with Gasteiger partial charge in [0.05, 0.1) is 5.69 Å². The average Bonchev–Trinajstić information content (AvgIpc) is 3.11. The number of fused-ring (bicyclic) bond motifs is 1. The lowest BCUT2D eigenvalue weighted by atomic mass is 9.97. The molecule has 0 radical (unpaired) electrons. The maximum Gasteiger partial charge on any atom is 0.406 e. The van der Waals surface area contributed by atoms with Crippen LogP contribution in [0, 0.1) is 0 Å². The Bertz CT molecular complexity index is 917. The maximum absolute atomic E-state index is 12.9. The van der Waals surface area contributed by atoms with Crippen LogP contribution in [-0.2, 0) is 0 Å². The first-order valence-corrected chi connectivity index (χ1v) is 8.17. The lowest BCUT2D eigenvalue weighted by Crippen LogP contribution is -2.43. The summed E-state index contributed by atoms with van der Waals surface area (Å²) in [6.07, 6.45) is -2.83. The highest BCUT2D eigenvalue weighted by Crippen LogP contribution is 2.31. The number of rotatable bonds is 4. The molecule has 0 unspecified atom stereocenters. The van der Waals surface area contributed by atoms with Crippen molar-refractivity contribution in [3.8, 4) is 11.3 Å². The zero-order valence-corrected chi connectivity index (χ0v) is 14.3. The molecule has 0 bridgehead atoms. The Hall–Kier alpha value is -2.83. The van der Waals surface area contributed by atoms with Gasteiger partial charge >= 0.3 is 6.18 Å². The molecule has 7 heteroatoms. The second-order valence-electron chi connectivity index (χ2n) is 6.32. The van der Waals surface area contributed by atoms with Gasteiger partial charge in [-0.05, 0) is 36.8 Å². The predicted octanol–water partition coefficient (Wildman–Crippen LogP) is 4.64. The third-order valence-corrected chi connectivity index (χ3v) is 4.18. The van der Waals surface area contributed by atoms with E-state index in [2.05, 4.69) is 10.2 Å². The van der Waals surface area contributed by atoms with E-state index in [0.717, 1.165) is 21.5 Å². The molecule has 1 heterocycles. The number of hydrogen-bond acceptors (Lipinski definition) is 2. The predicted molar refractivity (Wildman–Crippen MR) is 93.8 cm³/mol. The van der Waals surface area contributed by atoms with Crippen LogP contribution in [0.4, 0.5) is 13.2 Å². The van der Waals surface area contributed by atoms with Gasteiger partial charge in [0.25, 0.3) is 5.91 Å². The molecule has 1 aromatic heterocycles. The zero-order chi connectivity index (χ0) is 18.9. The van der Waals surface area contributed by atoms with Gasteiger partial charge in [-0.1, -0.05) is 30.3 Å². The van der Waals surface area contributed by atoms with Crippen LogP contribution in [0.1, 0.15) is 24.2 Å². The molecule has 3 rings (SSSR count). The first-order chi connectivity index (χ1) is 12.3. The van der Waals surface area contributed by atoms with Gasteiger partial charge in [-0.3, -0.25) is 9.89 Å². The molecule has 0 aliphatic heterocycles. The molecule has 3 aromatic rings. The van der Waals surface area contributed by atoms with Gasteiger partial charge in [0.1, 0.15) is 6.54 Å². The smallest absolute Gasteiger partial charge is 0.327 e. The van der Waals surface area contributed by atoms with Crippen molar-refractivity contribution in [2.75, 3.05) is 6.54 Å². The Labute approximate surface area is 148 Å². The summed E-state index contributed by atoms with van der Waals surface area (Å²) in [6.45, 7) is 1.87. The average molecular weight is 361 g/mol. The number of aromatic amines is 1. The van der Waals surface area contributed by atoms with E-state index >= 15 is 0 Å². The highest BCUT2D eigenvalue weighted by atomic mass is 19.4. The second kappa shape index (κ2) is 6.82. The number of carbonyl (C=O) groups is 1. The number of nitrogens with zero attached hydrogens (tertiary/aromatic N) is 2. The molecule has 0 fully saturated rings. The van der Waals surface area contributed by atoms with Crippen molar-refractivity contribution in [3.63, 3.8) is 0 Å². The summed E-state index contributed by atoms with van der Waals surface area (Å²) in [5, 5.41) is 8.19. The maximum atomic E-state index is 12.9. The van der Waals surface area contributed by atoms with Crippen molar-refractivity contribution in [3.05, 3.63) is 54.2 Å². The molecule has 1 N–H and O–H groups in total. The molecule has 1 amide bonds.